The van der Waals surface area contributed by atoms with Crippen LogP contribution in [0.15, 0.2) is 53.0 Å². The van der Waals surface area contributed by atoms with Crippen LogP contribution in [0.3, 0.4) is 0 Å². The summed E-state index contributed by atoms with van der Waals surface area (Å²) in [6.45, 7) is 0.0478. The molecule has 0 radical (unpaired) electrons. The third-order valence-corrected chi connectivity index (χ3v) is 3.54. The minimum Gasteiger partial charge on any atom is -0.452 e. The van der Waals surface area contributed by atoms with Crippen LogP contribution in [0.25, 0.3) is 0 Å². The number of rotatable bonds is 5. The topological polar surface area (TPSA) is 55.4 Å². The van der Waals surface area contributed by atoms with Crippen molar-refractivity contribution in [1.29, 1.82) is 0 Å². The molecule has 6 heteroatoms. The molecule has 2 aromatic rings. The van der Waals surface area contributed by atoms with Crippen LogP contribution in [-0.4, -0.2) is 18.5 Å². The predicted molar refractivity (Wildman–Crippen MR) is 87.7 cm³/mol. The molecule has 22 heavy (non-hydrogen) atoms. The zero-order valence-corrected chi connectivity index (χ0v) is 13.9. The maximum absolute atomic E-state index is 11.7. The van der Waals surface area contributed by atoms with Crippen molar-refractivity contribution in [2.24, 2.45) is 0 Å². The van der Waals surface area contributed by atoms with Crippen molar-refractivity contribution in [3.8, 4) is 0 Å². The molecule has 0 spiro atoms. The number of benzene rings is 2. The second-order valence-electron chi connectivity index (χ2n) is 4.49. The van der Waals surface area contributed by atoms with Crippen molar-refractivity contribution < 1.29 is 14.3 Å². The van der Waals surface area contributed by atoms with Crippen LogP contribution in [0.1, 0.15) is 15.9 Å². The Morgan fingerprint density at radius 1 is 1.14 bits per heavy atom. The molecule has 0 heterocycles. The average Bonchev–Trinajstić information content (AvgIpc) is 2.51. The summed E-state index contributed by atoms with van der Waals surface area (Å²) in [7, 11) is 0. The van der Waals surface area contributed by atoms with Crippen LogP contribution in [0.5, 0.6) is 0 Å². The Balaban J connectivity index is 1.78. The lowest BCUT2D eigenvalue weighted by atomic mass is 10.2. The molecule has 0 unspecified atom stereocenters. The Morgan fingerprint density at radius 3 is 2.55 bits per heavy atom. The Hall–Kier alpha value is -1.85. The fourth-order valence-corrected chi connectivity index (χ4v) is 2.27. The molecular weight excluding hydrogens is 370 g/mol. The van der Waals surface area contributed by atoms with Crippen LogP contribution in [-0.2, 0) is 16.1 Å². The molecule has 2 rings (SSSR count). The smallest absolute Gasteiger partial charge is 0.338 e. The van der Waals surface area contributed by atoms with E-state index in [2.05, 4.69) is 21.2 Å². The van der Waals surface area contributed by atoms with Gasteiger partial charge < -0.3 is 10.1 Å². The molecule has 0 saturated carbocycles. The van der Waals surface area contributed by atoms with Crippen LogP contribution in [0, 0.1) is 0 Å². The molecule has 0 aliphatic carbocycles. The van der Waals surface area contributed by atoms with Gasteiger partial charge in [-0.05, 0) is 42.0 Å². The lowest BCUT2D eigenvalue weighted by Crippen LogP contribution is -2.28. The first-order chi connectivity index (χ1) is 10.5. The molecule has 0 bridgehead atoms. The molecule has 4 nitrogen and oxygen atoms in total. The highest BCUT2D eigenvalue weighted by Crippen LogP contribution is 2.11. The molecule has 1 amide bonds. The van der Waals surface area contributed by atoms with Gasteiger partial charge in [0.25, 0.3) is 5.91 Å². The molecule has 0 fully saturated rings. The zero-order valence-electron chi connectivity index (χ0n) is 11.5. The highest BCUT2D eigenvalue weighted by Gasteiger charge is 2.09. The van der Waals surface area contributed by atoms with Crippen molar-refractivity contribution in [2.45, 2.75) is 6.54 Å². The van der Waals surface area contributed by atoms with Gasteiger partial charge in [0, 0.05) is 16.0 Å². The first-order valence-electron chi connectivity index (χ1n) is 6.48. The summed E-state index contributed by atoms with van der Waals surface area (Å²) in [5, 5.41) is 3.21. The lowest BCUT2D eigenvalue weighted by Gasteiger charge is -2.07. The van der Waals surface area contributed by atoms with Crippen molar-refractivity contribution in [2.75, 3.05) is 6.61 Å². The van der Waals surface area contributed by atoms with Gasteiger partial charge in [-0.1, -0.05) is 39.7 Å². The molecule has 0 atom stereocenters. The maximum Gasteiger partial charge on any atom is 0.338 e. The van der Waals surface area contributed by atoms with Crippen LogP contribution in [0.4, 0.5) is 0 Å². The SMILES string of the molecule is O=C(COC(=O)c1ccc(Cl)cc1)NCc1cccc(Br)c1. The Labute approximate surface area is 141 Å². The van der Waals surface area contributed by atoms with Gasteiger partial charge in [0.05, 0.1) is 5.56 Å². The van der Waals surface area contributed by atoms with Gasteiger partial charge in [-0.2, -0.15) is 0 Å². The van der Waals surface area contributed by atoms with Gasteiger partial charge in [-0.15, -0.1) is 0 Å². The maximum atomic E-state index is 11.7. The van der Waals surface area contributed by atoms with Crippen LogP contribution >= 0.6 is 27.5 Å². The second kappa shape index (κ2) is 7.96. The summed E-state index contributed by atoms with van der Waals surface area (Å²) >= 11 is 9.09. The summed E-state index contributed by atoms with van der Waals surface area (Å²) < 4.78 is 5.88. The van der Waals surface area contributed by atoms with Crippen molar-refractivity contribution in [3.63, 3.8) is 0 Å². The van der Waals surface area contributed by atoms with Gasteiger partial charge in [0.1, 0.15) is 0 Å². The number of carbonyl (C=O) groups excluding carboxylic acids is 2. The largest absolute Gasteiger partial charge is 0.452 e. The van der Waals surface area contributed by atoms with Gasteiger partial charge in [-0.3, -0.25) is 4.79 Å². The van der Waals surface area contributed by atoms with E-state index in [1.165, 1.54) is 0 Å². The van der Waals surface area contributed by atoms with E-state index in [4.69, 9.17) is 16.3 Å². The van der Waals surface area contributed by atoms with Gasteiger partial charge in [0.2, 0.25) is 0 Å². The molecule has 0 aromatic heterocycles. The summed E-state index contributed by atoms with van der Waals surface area (Å²) in [6.07, 6.45) is 0. The van der Waals surface area contributed by atoms with E-state index >= 15 is 0 Å². The fraction of sp³-hybridized carbons (Fsp3) is 0.125. The molecule has 1 N–H and O–H groups in total. The normalized spacial score (nSPS) is 10.1. The number of halogens is 2. The molecule has 2 aromatic carbocycles. The van der Waals surface area contributed by atoms with E-state index < -0.39 is 5.97 Å². The number of hydrogen-bond donors (Lipinski definition) is 1. The molecular formula is C16H13BrClNO3. The van der Waals surface area contributed by atoms with E-state index in [1.807, 2.05) is 24.3 Å². The van der Waals surface area contributed by atoms with E-state index in [1.54, 1.807) is 24.3 Å². The highest BCUT2D eigenvalue weighted by atomic mass is 79.9. The molecule has 0 aliphatic heterocycles. The average molecular weight is 383 g/mol. The summed E-state index contributed by atoms with van der Waals surface area (Å²) in [5.41, 5.74) is 1.30. The number of esters is 1. The number of carbonyl (C=O) groups is 2. The van der Waals surface area contributed by atoms with E-state index in [9.17, 15) is 9.59 Å². The third kappa shape index (κ3) is 5.16. The standard InChI is InChI=1S/C16H13BrClNO3/c17-13-3-1-2-11(8-13)9-19-15(20)10-22-16(21)12-4-6-14(18)7-5-12/h1-8H,9-10H2,(H,19,20). The minimum absolute atomic E-state index is 0.324. The number of nitrogens with one attached hydrogen (secondary N) is 1. The molecule has 0 aliphatic rings. The first kappa shape index (κ1) is 16.5. The molecule has 0 saturated heterocycles. The monoisotopic (exact) mass is 381 g/mol. The first-order valence-corrected chi connectivity index (χ1v) is 7.65. The molecule has 114 valence electrons. The van der Waals surface area contributed by atoms with E-state index in [-0.39, 0.29) is 12.5 Å². The van der Waals surface area contributed by atoms with Gasteiger partial charge in [0.15, 0.2) is 6.61 Å². The highest BCUT2D eigenvalue weighted by molar-refractivity contribution is 9.10. The Kier molecular flexibility index (Phi) is 5.98. The van der Waals surface area contributed by atoms with Crippen LogP contribution < -0.4 is 5.32 Å². The van der Waals surface area contributed by atoms with E-state index in [0.29, 0.717) is 17.1 Å². The number of amides is 1. The number of hydrogen-bond acceptors (Lipinski definition) is 3. The van der Waals surface area contributed by atoms with E-state index in [0.717, 1.165) is 10.0 Å². The van der Waals surface area contributed by atoms with Gasteiger partial charge in [-0.25, -0.2) is 4.79 Å². The quantitative estimate of drug-likeness (QED) is 0.804. The van der Waals surface area contributed by atoms with Crippen molar-refractivity contribution in [1.82, 2.24) is 5.32 Å². The summed E-state index contributed by atoms with van der Waals surface area (Å²) in [4.78, 5) is 23.4. The third-order valence-electron chi connectivity index (χ3n) is 2.79. The zero-order chi connectivity index (χ0) is 15.9. The van der Waals surface area contributed by atoms with Gasteiger partial charge >= 0.3 is 5.97 Å². The predicted octanol–water partition coefficient (Wildman–Crippen LogP) is 3.58. The lowest BCUT2D eigenvalue weighted by molar-refractivity contribution is -0.124. The Morgan fingerprint density at radius 2 is 1.86 bits per heavy atom. The minimum atomic E-state index is -0.561. The second-order valence-corrected chi connectivity index (χ2v) is 5.84. The summed E-state index contributed by atoms with van der Waals surface area (Å²) in [6, 6.07) is 13.8. The fourth-order valence-electron chi connectivity index (χ4n) is 1.70. The Bertz CT molecular complexity index is 673. The van der Waals surface area contributed by atoms with Crippen molar-refractivity contribution >= 4 is 39.4 Å². The number of ether oxygens (including phenoxy) is 1. The summed E-state index contributed by atoms with van der Waals surface area (Å²) in [5.74, 6) is -0.920. The van der Waals surface area contributed by atoms with Crippen molar-refractivity contribution in [3.05, 3.63) is 69.2 Å². The van der Waals surface area contributed by atoms with Crippen LogP contribution in [0.2, 0.25) is 5.02 Å².